The molecule has 106 valence electrons. The van der Waals surface area contributed by atoms with Gasteiger partial charge in [-0.25, -0.2) is 9.59 Å². The van der Waals surface area contributed by atoms with Crippen molar-refractivity contribution in [1.82, 2.24) is 10.6 Å². The van der Waals surface area contributed by atoms with E-state index in [1.54, 1.807) is 7.11 Å². The van der Waals surface area contributed by atoms with Gasteiger partial charge in [0.25, 0.3) is 0 Å². The summed E-state index contributed by atoms with van der Waals surface area (Å²) in [6, 6.07) is -0.439. The number of carboxylic acid groups (broad SMARTS) is 1. The average molecular weight is 260 g/mol. The summed E-state index contributed by atoms with van der Waals surface area (Å²) in [5.74, 6) is -1.01. The SMILES string of the molecule is CCCC(C)(NC(=O)NCCCCOC)C(=O)O. The van der Waals surface area contributed by atoms with Crippen LogP contribution in [0.15, 0.2) is 0 Å². The van der Waals surface area contributed by atoms with Crippen molar-refractivity contribution < 1.29 is 19.4 Å². The van der Waals surface area contributed by atoms with Crippen molar-refractivity contribution in [2.24, 2.45) is 0 Å². The molecule has 18 heavy (non-hydrogen) atoms. The highest BCUT2D eigenvalue weighted by molar-refractivity contribution is 5.85. The van der Waals surface area contributed by atoms with Gasteiger partial charge in [0.15, 0.2) is 0 Å². The van der Waals surface area contributed by atoms with Gasteiger partial charge in [0, 0.05) is 20.3 Å². The Morgan fingerprint density at radius 1 is 1.33 bits per heavy atom. The third-order valence-electron chi connectivity index (χ3n) is 2.67. The standard InChI is InChI=1S/C12H24N2O4/c1-4-7-12(2,10(15)16)14-11(17)13-8-5-6-9-18-3/h4-9H2,1-3H3,(H,15,16)(H2,13,14,17). The Kier molecular flexibility index (Phi) is 8.11. The van der Waals surface area contributed by atoms with Crippen LogP contribution in [0.2, 0.25) is 0 Å². The number of methoxy groups -OCH3 is 1. The molecule has 0 radical (unpaired) electrons. The van der Waals surface area contributed by atoms with Gasteiger partial charge >= 0.3 is 12.0 Å². The number of ether oxygens (including phenoxy) is 1. The number of unbranched alkanes of at least 4 members (excludes halogenated alkanes) is 1. The summed E-state index contributed by atoms with van der Waals surface area (Å²) in [7, 11) is 1.63. The molecular formula is C12H24N2O4. The molecule has 0 saturated carbocycles. The molecule has 0 aliphatic heterocycles. The molecule has 0 bridgehead atoms. The molecule has 0 rings (SSSR count). The molecule has 0 fully saturated rings. The minimum Gasteiger partial charge on any atom is -0.480 e. The van der Waals surface area contributed by atoms with Crippen LogP contribution in [0, 0.1) is 0 Å². The van der Waals surface area contributed by atoms with Crippen molar-refractivity contribution >= 4 is 12.0 Å². The lowest BCUT2D eigenvalue weighted by atomic mass is 9.97. The van der Waals surface area contributed by atoms with Gasteiger partial charge in [0.2, 0.25) is 0 Å². The Labute approximate surface area is 108 Å². The van der Waals surface area contributed by atoms with E-state index in [9.17, 15) is 9.59 Å². The summed E-state index contributed by atoms with van der Waals surface area (Å²) in [5, 5.41) is 14.2. The Bertz CT molecular complexity index is 271. The number of carbonyl (C=O) groups excluding carboxylic acids is 1. The fraction of sp³-hybridized carbons (Fsp3) is 0.833. The predicted octanol–water partition coefficient (Wildman–Crippen LogP) is 1.36. The third kappa shape index (κ3) is 6.44. The lowest BCUT2D eigenvalue weighted by Crippen LogP contribution is -2.55. The van der Waals surface area contributed by atoms with Crippen LogP contribution < -0.4 is 10.6 Å². The molecule has 6 nitrogen and oxygen atoms in total. The fourth-order valence-electron chi connectivity index (χ4n) is 1.59. The maximum atomic E-state index is 11.6. The number of urea groups is 1. The Morgan fingerprint density at radius 3 is 2.50 bits per heavy atom. The maximum absolute atomic E-state index is 11.6. The number of hydrogen-bond donors (Lipinski definition) is 3. The number of carbonyl (C=O) groups is 2. The Hall–Kier alpha value is -1.30. The lowest BCUT2D eigenvalue weighted by molar-refractivity contribution is -0.144. The van der Waals surface area contributed by atoms with Crippen molar-refractivity contribution in [1.29, 1.82) is 0 Å². The summed E-state index contributed by atoms with van der Waals surface area (Å²) in [5.41, 5.74) is -1.20. The zero-order valence-electron chi connectivity index (χ0n) is 11.4. The molecule has 1 unspecified atom stereocenters. The Balaban J connectivity index is 4.00. The minimum atomic E-state index is -1.20. The molecule has 1 atom stereocenters. The predicted molar refractivity (Wildman–Crippen MR) is 68.6 cm³/mol. The summed E-state index contributed by atoms with van der Waals surface area (Å²) in [6.07, 6.45) is 2.76. The molecule has 6 heteroatoms. The molecule has 0 saturated heterocycles. The van der Waals surface area contributed by atoms with Gasteiger partial charge in [-0.05, 0) is 26.2 Å². The first-order valence-electron chi connectivity index (χ1n) is 6.24. The average Bonchev–Trinajstić information content (AvgIpc) is 2.28. The van der Waals surface area contributed by atoms with Crippen molar-refractivity contribution in [2.75, 3.05) is 20.3 Å². The third-order valence-corrected chi connectivity index (χ3v) is 2.67. The van der Waals surface area contributed by atoms with Crippen molar-refractivity contribution in [3.05, 3.63) is 0 Å². The second kappa shape index (κ2) is 8.74. The largest absolute Gasteiger partial charge is 0.480 e. The maximum Gasteiger partial charge on any atom is 0.329 e. The highest BCUT2D eigenvalue weighted by Crippen LogP contribution is 2.12. The second-order valence-electron chi connectivity index (χ2n) is 4.47. The molecule has 0 aliphatic carbocycles. The molecule has 0 aromatic heterocycles. The molecule has 3 N–H and O–H groups in total. The van der Waals surface area contributed by atoms with E-state index in [1.807, 2.05) is 6.92 Å². The van der Waals surface area contributed by atoms with Gasteiger partial charge in [-0.3, -0.25) is 0 Å². The zero-order chi connectivity index (χ0) is 14.0. The van der Waals surface area contributed by atoms with Gasteiger partial charge in [-0.1, -0.05) is 13.3 Å². The van der Waals surface area contributed by atoms with Gasteiger partial charge < -0.3 is 20.5 Å². The van der Waals surface area contributed by atoms with E-state index < -0.39 is 17.5 Å². The van der Waals surface area contributed by atoms with E-state index in [2.05, 4.69) is 10.6 Å². The second-order valence-corrected chi connectivity index (χ2v) is 4.47. The highest BCUT2D eigenvalue weighted by Gasteiger charge is 2.33. The first-order valence-corrected chi connectivity index (χ1v) is 6.24. The van der Waals surface area contributed by atoms with E-state index in [-0.39, 0.29) is 0 Å². The van der Waals surface area contributed by atoms with Crippen LogP contribution in [0.3, 0.4) is 0 Å². The number of carboxylic acids is 1. The van der Waals surface area contributed by atoms with Crippen molar-refractivity contribution in [2.45, 2.75) is 45.1 Å². The van der Waals surface area contributed by atoms with Crippen molar-refractivity contribution in [3.8, 4) is 0 Å². The van der Waals surface area contributed by atoms with Crippen LogP contribution in [0.25, 0.3) is 0 Å². The van der Waals surface area contributed by atoms with Crippen LogP contribution in [0.4, 0.5) is 4.79 Å². The van der Waals surface area contributed by atoms with Gasteiger partial charge in [0.1, 0.15) is 5.54 Å². The molecule has 0 aromatic carbocycles. The number of nitrogens with one attached hydrogen (secondary N) is 2. The summed E-state index contributed by atoms with van der Waals surface area (Å²) in [6.45, 7) is 4.57. The fourth-order valence-corrected chi connectivity index (χ4v) is 1.59. The number of hydrogen-bond acceptors (Lipinski definition) is 3. The topological polar surface area (TPSA) is 87.7 Å². The smallest absolute Gasteiger partial charge is 0.329 e. The summed E-state index contributed by atoms with van der Waals surface area (Å²) < 4.78 is 4.89. The van der Waals surface area contributed by atoms with E-state index in [4.69, 9.17) is 9.84 Å². The number of amides is 2. The van der Waals surface area contributed by atoms with Gasteiger partial charge in [-0.2, -0.15) is 0 Å². The highest BCUT2D eigenvalue weighted by atomic mass is 16.5. The number of aliphatic carboxylic acids is 1. The van der Waals surface area contributed by atoms with Crippen LogP contribution in [-0.4, -0.2) is 42.9 Å². The molecule has 0 spiro atoms. The molecule has 0 aliphatic rings. The van der Waals surface area contributed by atoms with Gasteiger partial charge in [-0.15, -0.1) is 0 Å². The molecule has 2 amide bonds. The first kappa shape index (κ1) is 16.7. The van der Waals surface area contributed by atoms with Crippen molar-refractivity contribution in [3.63, 3.8) is 0 Å². The zero-order valence-corrected chi connectivity index (χ0v) is 11.4. The normalized spacial score (nSPS) is 13.7. The first-order chi connectivity index (χ1) is 8.46. The van der Waals surface area contributed by atoms with Crippen LogP contribution in [0.1, 0.15) is 39.5 Å². The number of rotatable bonds is 9. The molecule has 0 heterocycles. The van der Waals surface area contributed by atoms with Gasteiger partial charge in [0.05, 0.1) is 0 Å². The molecule has 0 aromatic rings. The monoisotopic (exact) mass is 260 g/mol. The lowest BCUT2D eigenvalue weighted by Gasteiger charge is -2.25. The van der Waals surface area contributed by atoms with Crippen LogP contribution >= 0.6 is 0 Å². The Morgan fingerprint density at radius 2 is 2.00 bits per heavy atom. The van der Waals surface area contributed by atoms with E-state index in [0.29, 0.717) is 26.0 Å². The van der Waals surface area contributed by atoms with Crippen LogP contribution in [0.5, 0.6) is 0 Å². The minimum absolute atomic E-state index is 0.402. The quantitative estimate of drug-likeness (QED) is 0.546. The van der Waals surface area contributed by atoms with E-state index in [0.717, 1.165) is 12.8 Å². The van der Waals surface area contributed by atoms with E-state index >= 15 is 0 Å². The van der Waals surface area contributed by atoms with Crippen LogP contribution in [-0.2, 0) is 9.53 Å². The summed E-state index contributed by atoms with van der Waals surface area (Å²) in [4.78, 5) is 22.7. The molecular weight excluding hydrogens is 236 g/mol. The van der Waals surface area contributed by atoms with E-state index in [1.165, 1.54) is 6.92 Å². The summed E-state index contributed by atoms with van der Waals surface area (Å²) >= 11 is 0.